The molecule has 4 rings (SSSR count). The number of ether oxygens (including phenoxy) is 2. The molecule has 0 radical (unpaired) electrons. The van der Waals surface area contributed by atoms with Crippen molar-refractivity contribution >= 4 is 16.7 Å². The van der Waals surface area contributed by atoms with Crippen LogP contribution in [0.1, 0.15) is 15.9 Å². The summed E-state index contributed by atoms with van der Waals surface area (Å²) in [6.45, 7) is 1.54. The summed E-state index contributed by atoms with van der Waals surface area (Å²) in [6, 6.07) is 19.6. The highest BCUT2D eigenvalue weighted by Gasteiger charge is 2.14. The molecule has 0 atom stereocenters. The van der Waals surface area contributed by atoms with Crippen LogP contribution < -0.4 is 14.8 Å². The summed E-state index contributed by atoms with van der Waals surface area (Å²) < 4.78 is 11.0. The van der Waals surface area contributed by atoms with E-state index in [2.05, 4.69) is 29.6 Å². The fourth-order valence-corrected chi connectivity index (χ4v) is 2.82. The highest BCUT2D eigenvalue weighted by molar-refractivity contribution is 5.95. The first-order valence-electron chi connectivity index (χ1n) is 7.95. The van der Waals surface area contributed by atoms with E-state index in [1.165, 1.54) is 10.8 Å². The second-order valence-electron chi connectivity index (χ2n) is 5.72. The third-order valence-corrected chi connectivity index (χ3v) is 4.07. The number of carbonyl (C=O) groups excluding carboxylic acids is 1. The van der Waals surface area contributed by atoms with Crippen molar-refractivity contribution in [3.8, 4) is 11.5 Å². The molecule has 0 bridgehead atoms. The number of hydrogen-bond acceptors (Lipinski definition) is 3. The first kappa shape index (κ1) is 14.6. The van der Waals surface area contributed by atoms with Crippen LogP contribution in [0, 0.1) is 0 Å². The van der Waals surface area contributed by atoms with Gasteiger partial charge in [0, 0.05) is 12.1 Å². The van der Waals surface area contributed by atoms with Crippen LogP contribution in [0.25, 0.3) is 10.8 Å². The van der Waals surface area contributed by atoms with Crippen molar-refractivity contribution in [2.24, 2.45) is 0 Å². The Balaban J connectivity index is 1.47. The van der Waals surface area contributed by atoms with Gasteiger partial charge in [0.2, 0.25) is 0 Å². The molecule has 1 aliphatic rings. The van der Waals surface area contributed by atoms with Crippen molar-refractivity contribution in [1.82, 2.24) is 5.32 Å². The van der Waals surface area contributed by atoms with Gasteiger partial charge in [0.05, 0.1) is 0 Å². The molecule has 1 N–H and O–H groups in total. The van der Waals surface area contributed by atoms with Gasteiger partial charge < -0.3 is 14.8 Å². The maximum atomic E-state index is 12.4. The molecular formula is C20H17NO3. The summed E-state index contributed by atoms with van der Waals surface area (Å²) in [5.74, 6) is 1.19. The average Bonchev–Trinajstić information content (AvgIpc) is 2.65. The molecule has 1 aliphatic heterocycles. The Morgan fingerprint density at radius 1 is 0.875 bits per heavy atom. The third kappa shape index (κ3) is 2.91. The minimum atomic E-state index is -0.125. The molecule has 0 saturated carbocycles. The predicted octanol–water partition coefficient (Wildman–Crippen LogP) is 3.54. The van der Waals surface area contributed by atoms with Gasteiger partial charge in [0.15, 0.2) is 11.5 Å². The quantitative estimate of drug-likeness (QED) is 0.803. The number of hydrogen-bond donors (Lipinski definition) is 1. The third-order valence-electron chi connectivity index (χ3n) is 4.07. The lowest BCUT2D eigenvalue weighted by Gasteiger charge is -2.18. The fraction of sp³-hybridized carbons (Fsp3) is 0.150. The van der Waals surface area contributed by atoms with E-state index in [4.69, 9.17) is 9.47 Å². The lowest BCUT2D eigenvalue weighted by Crippen LogP contribution is -2.23. The molecule has 120 valence electrons. The van der Waals surface area contributed by atoms with E-state index in [0.29, 0.717) is 36.8 Å². The summed E-state index contributed by atoms with van der Waals surface area (Å²) in [7, 11) is 0. The SMILES string of the molecule is O=C(NCc1ccc2ccccc2c1)c1ccc2c(c1)OCCO2. The van der Waals surface area contributed by atoms with Gasteiger partial charge >= 0.3 is 0 Å². The topological polar surface area (TPSA) is 47.6 Å². The Hall–Kier alpha value is -3.01. The Bertz CT molecular complexity index is 904. The number of nitrogens with one attached hydrogen (secondary N) is 1. The zero-order valence-corrected chi connectivity index (χ0v) is 13.1. The minimum Gasteiger partial charge on any atom is -0.486 e. The van der Waals surface area contributed by atoms with Crippen molar-refractivity contribution in [2.45, 2.75) is 6.54 Å². The van der Waals surface area contributed by atoms with Crippen molar-refractivity contribution < 1.29 is 14.3 Å². The van der Waals surface area contributed by atoms with Crippen molar-refractivity contribution in [3.63, 3.8) is 0 Å². The molecule has 0 spiro atoms. The van der Waals surface area contributed by atoms with E-state index in [0.717, 1.165) is 5.56 Å². The first-order chi connectivity index (χ1) is 11.8. The van der Waals surface area contributed by atoms with Gasteiger partial charge in [-0.25, -0.2) is 0 Å². The standard InChI is InChI=1S/C20H17NO3/c22-20(17-7-8-18-19(12-17)24-10-9-23-18)21-13-14-5-6-15-3-1-2-4-16(15)11-14/h1-8,11-12H,9-10,13H2,(H,21,22). The van der Waals surface area contributed by atoms with Crippen LogP contribution in [0.15, 0.2) is 60.7 Å². The monoisotopic (exact) mass is 319 g/mol. The van der Waals surface area contributed by atoms with Crippen LogP contribution in [0.2, 0.25) is 0 Å². The van der Waals surface area contributed by atoms with Crippen LogP contribution in [0.4, 0.5) is 0 Å². The molecule has 0 saturated heterocycles. The molecule has 0 aliphatic carbocycles. The second-order valence-corrected chi connectivity index (χ2v) is 5.72. The zero-order valence-electron chi connectivity index (χ0n) is 13.1. The van der Waals surface area contributed by atoms with E-state index >= 15 is 0 Å². The summed E-state index contributed by atoms with van der Waals surface area (Å²) in [5, 5.41) is 5.32. The van der Waals surface area contributed by atoms with Crippen LogP contribution >= 0.6 is 0 Å². The summed E-state index contributed by atoms with van der Waals surface area (Å²) in [5.41, 5.74) is 1.64. The maximum Gasteiger partial charge on any atom is 0.251 e. The fourth-order valence-electron chi connectivity index (χ4n) is 2.82. The van der Waals surface area contributed by atoms with Gasteiger partial charge in [-0.1, -0.05) is 36.4 Å². The average molecular weight is 319 g/mol. The smallest absolute Gasteiger partial charge is 0.251 e. The van der Waals surface area contributed by atoms with E-state index < -0.39 is 0 Å². The van der Waals surface area contributed by atoms with Crippen LogP contribution in [-0.4, -0.2) is 19.1 Å². The molecule has 1 amide bonds. The Kier molecular flexibility index (Phi) is 3.79. The number of amides is 1. The highest BCUT2D eigenvalue weighted by Crippen LogP contribution is 2.30. The van der Waals surface area contributed by atoms with Gasteiger partial charge in [0.1, 0.15) is 13.2 Å². The number of carbonyl (C=O) groups is 1. The molecule has 3 aromatic carbocycles. The zero-order chi connectivity index (χ0) is 16.4. The van der Waals surface area contributed by atoms with E-state index in [-0.39, 0.29) is 5.91 Å². The Morgan fingerprint density at radius 2 is 1.67 bits per heavy atom. The lowest BCUT2D eigenvalue weighted by molar-refractivity contribution is 0.0949. The summed E-state index contributed by atoms with van der Waals surface area (Å²) in [4.78, 5) is 12.4. The van der Waals surface area contributed by atoms with Crippen molar-refractivity contribution in [1.29, 1.82) is 0 Å². The molecule has 0 unspecified atom stereocenters. The number of fused-ring (bicyclic) bond motifs is 2. The molecular weight excluding hydrogens is 302 g/mol. The minimum absolute atomic E-state index is 0.125. The van der Waals surface area contributed by atoms with Crippen LogP contribution in [0.5, 0.6) is 11.5 Å². The summed E-state index contributed by atoms with van der Waals surface area (Å²) in [6.07, 6.45) is 0. The molecule has 24 heavy (non-hydrogen) atoms. The molecule has 3 aromatic rings. The molecule has 4 heteroatoms. The normalized spacial score (nSPS) is 12.8. The molecule has 0 aromatic heterocycles. The van der Waals surface area contributed by atoms with Gasteiger partial charge in [-0.3, -0.25) is 4.79 Å². The lowest BCUT2D eigenvalue weighted by atomic mass is 10.1. The van der Waals surface area contributed by atoms with Gasteiger partial charge in [0.25, 0.3) is 5.91 Å². The van der Waals surface area contributed by atoms with Crippen LogP contribution in [0.3, 0.4) is 0 Å². The highest BCUT2D eigenvalue weighted by atomic mass is 16.6. The molecule has 4 nitrogen and oxygen atoms in total. The van der Waals surface area contributed by atoms with Gasteiger partial charge in [-0.05, 0) is 40.6 Å². The Morgan fingerprint density at radius 3 is 2.54 bits per heavy atom. The van der Waals surface area contributed by atoms with E-state index in [1.54, 1.807) is 18.2 Å². The molecule has 1 heterocycles. The van der Waals surface area contributed by atoms with E-state index in [1.807, 2.05) is 18.2 Å². The van der Waals surface area contributed by atoms with Gasteiger partial charge in [-0.15, -0.1) is 0 Å². The Labute approximate surface area is 140 Å². The largest absolute Gasteiger partial charge is 0.486 e. The van der Waals surface area contributed by atoms with Crippen LogP contribution in [-0.2, 0) is 6.54 Å². The van der Waals surface area contributed by atoms with E-state index in [9.17, 15) is 4.79 Å². The summed E-state index contributed by atoms with van der Waals surface area (Å²) >= 11 is 0. The number of benzene rings is 3. The van der Waals surface area contributed by atoms with Gasteiger partial charge in [-0.2, -0.15) is 0 Å². The van der Waals surface area contributed by atoms with Crippen molar-refractivity contribution in [2.75, 3.05) is 13.2 Å². The van der Waals surface area contributed by atoms with Crippen molar-refractivity contribution in [3.05, 3.63) is 71.8 Å². The number of rotatable bonds is 3. The second kappa shape index (κ2) is 6.24. The molecule has 0 fully saturated rings. The first-order valence-corrected chi connectivity index (χ1v) is 7.95. The maximum absolute atomic E-state index is 12.4. The predicted molar refractivity (Wildman–Crippen MR) is 92.6 cm³/mol.